The van der Waals surface area contributed by atoms with E-state index in [2.05, 4.69) is 10.6 Å². The number of esters is 1. The Balaban J connectivity index is 2.15. The van der Waals surface area contributed by atoms with Gasteiger partial charge < -0.3 is 15.4 Å². The Morgan fingerprint density at radius 2 is 2.00 bits per heavy atom. The standard InChI is InChI=1S/C13H24N2O3/c1-3-5-11(13(17)18-4-2)14-8-9-15-12(16)10-6-7-10/h10-11,14H,3-9H2,1-2H3,(H,15,16). The zero-order valence-electron chi connectivity index (χ0n) is 11.3. The van der Waals surface area contributed by atoms with Gasteiger partial charge in [0.25, 0.3) is 0 Å². The van der Waals surface area contributed by atoms with Gasteiger partial charge in [-0.15, -0.1) is 0 Å². The van der Waals surface area contributed by atoms with Gasteiger partial charge >= 0.3 is 5.97 Å². The Bertz CT molecular complexity index is 277. The number of nitrogens with one attached hydrogen (secondary N) is 2. The highest BCUT2D eigenvalue weighted by Gasteiger charge is 2.29. The van der Waals surface area contributed by atoms with Gasteiger partial charge in [0, 0.05) is 19.0 Å². The third-order valence-corrected chi connectivity index (χ3v) is 2.91. The summed E-state index contributed by atoms with van der Waals surface area (Å²) < 4.78 is 4.99. The summed E-state index contributed by atoms with van der Waals surface area (Å²) >= 11 is 0. The first-order chi connectivity index (χ1) is 8.69. The van der Waals surface area contributed by atoms with Crippen molar-refractivity contribution >= 4 is 11.9 Å². The highest BCUT2D eigenvalue weighted by molar-refractivity contribution is 5.80. The van der Waals surface area contributed by atoms with E-state index in [9.17, 15) is 9.59 Å². The molecular formula is C13H24N2O3. The lowest BCUT2D eigenvalue weighted by molar-refractivity contribution is -0.145. The molecule has 1 fully saturated rings. The van der Waals surface area contributed by atoms with Crippen LogP contribution in [-0.2, 0) is 14.3 Å². The third-order valence-electron chi connectivity index (χ3n) is 2.91. The van der Waals surface area contributed by atoms with Gasteiger partial charge in [0.15, 0.2) is 0 Å². The van der Waals surface area contributed by atoms with E-state index >= 15 is 0 Å². The van der Waals surface area contributed by atoms with E-state index in [4.69, 9.17) is 4.74 Å². The highest BCUT2D eigenvalue weighted by atomic mass is 16.5. The molecule has 0 aromatic rings. The molecule has 1 rings (SSSR count). The zero-order chi connectivity index (χ0) is 13.4. The predicted octanol–water partition coefficient (Wildman–Crippen LogP) is 0.834. The van der Waals surface area contributed by atoms with Gasteiger partial charge in [0.2, 0.25) is 5.91 Å². The van der Waals surface area contributed by atoms with E-state index in [1.54, 1.807) is 6.92 Å². The highest BCUT2D eigenvalue weighted by Crippen LogP contribution is 2.28. The van der Waals surface area contributed by atoms with Crippen LogP contribution in [0.3, 0.4) is 0 Å². The van der Waals surface area contributed by atoms with Gasteiger partial charge in [-0.2, -0.15) is 0 Å². The maximum Gasteiger partial charge on any atom is 0.323 e. The number of amides is 1. The van der Waals surface area contributed by atoms with Crippen LogP contribution in [0.1, 0.15) is 39.5 Å². The maximum absolute atomic E-state index is 11.6. The smallest absolute Gasteiger partial charge is 0.323 e. The maximum atomic E-state index is 11.6. The molecule has 0 aromatic heterocycles. The van der Waals surface area contributed by atoms with E-state index in [0.717, 1.165) is 25.7 Å². The molecule has 1 aliphatic carbocycles. The molecule has 0 saturated heterocycles. The second-order valence-electron chi connectivity index (χ2n) is 4.61. The SMILES string of the molecule is CCCC(NCCNC(=O)C1CC1)C(=O)OCC. The number of carbonyl (C=O) groups excluding carboxylic acids is 2. The fourth-order valence-corrected chi connectivity index (χ4v) is 1.76. The minimum absolute atomic E-state index is 0.139. The summed E-state index contributed by atoms with van der Waals surface area (Å²) in [5, 5.41) is 5.99. The lowest BCUT2D eigenvalue weighted by Gasteiger charge is -2.16. The average molecular weight is 256 g/mol. The van der Waals surface area contributed by atoms with Crippen molar-refractivity contribution in [3.05, 3.63) is 0 Å². The molecule has 1 saturated carbocycles. The Kier molecular flexibility index (Phi) is 6.72. The molecule has 0 radical (unpaired) electrons. The van der Waals surface area contributed by atoms with E-state index in [-0.39, 0.29) is 23.8 Å². The zero-order valence-corrected chi connectivity index (χ0v) is 11.3. The molecule has 5 heteroatoms. The van der Waals surface area contributed by atoms with Gasteiger partial charge in [-0.1, -0.05) is 13.3 Å². The predicted molar refractivity (Wildman–Crippen MR) is 69.1 cm³/mol. The molecule has 5 nitrogen and oxygen atoms in total. The molecule has 1 aliphatic rings. The molecule has 1 amide bonds. The van der Waals surface area contributed by atoms with Gasteiger partial charge in [-0.25, -0.2) is 0 Å². The van der Waals surface area contributed by atoms with Crippen molar-refractivity contribution in [1.29, 1.82) is 0 Å². The average Bonchev–Trinajstić information content (AvgIpc) is 3.17. The van der Waals surface area contributed by atoms with Crippen LogP contribution in [0.4, 0.5) is 0 Å². The van der Waals surface area contributed by atoms with Gasteiger partial charge in [0.05, 0.1) is 6.61 Å². The molecule has 1 atom stereocenters. The van der Waals surface area contributed by atoms with Crippen LogP contribution in [0.5, 0.6) is 0 Å². The molecule has 1 unspecified atom stereocenters. The number of hydrogen-bond donors (Lipinski definition) is 2. The molecule has 0 spiro atoms. The third kappa shape index (κ3) is 5.49. The molecule has 0 heterocycles. The van der Waals surface area contributed by atoms with E-state index < -0.39 is 0 Å². The quantitative estimate of drug-likeness (QED) is 0.474. The summed E-state index contributed by atoms with van der Waals surface area (Å²) in [5.74, 6) is 0.175. The molecule has 0 aliphatic heterocycles. The van der Waals surface area contributed by atoms with Crippen LogP contribution in [0.15, 0.2) is 0 Å². The molecule has 104 valence electrons. The molecule has 2 N–H and O–H groups in total. The summed E-state index contributed by atoms with van der Waals surface area (Å²) in [6, 6.07) is -0.257. The fraction of sp³-hybridized carbons (Fsp3) is 0.846. The second kappa shape index (κ2) is 8.08. The largest absolute Gasteiger partial charge is 0.465 e. The second-order valence-corrected chi connectivity index (χ2v) is 4.61. The first kappa shape index (κ1) is 15.0. The minimum atomic E-state index is -0.257. The minimum Gasteiger partial charge on any atom is -0.465 e. The van der Waals surface area contributed by atoms with Crippen molar-refractivity contribution in [2.75, 3.05) is 19.7 Å². The first-order valence-corrected chi connectivity index (χ1v) is 6.86. The number of hydrogen-bond acceptors (Lipinski definition) is 4. The van der Waals surface area contributed by atoms with Crippen molar-refractivity contribution in [3.63, 3.8) is 0 Å². The Morgan fingerprint density at radius 1 is 1.28 bits per heavy atom. The van der Waals surface area contributed by atoms with Crippen molar-refractivity contribution in [1.82, 2.24) is 10.6 Å². The summed E-state index contributed by atoms with van der Waals surface area (Å²) in [5.41, 5.74) is 0. The van der Waals surface area contributed by atoms with Crippen molar-refractivity contribution in [2.24, 2.45) is 5.92 Å². The van der Waals surface area contributed by atoms with Gasteiger partial charge in [0.1, 0.15) is 6.04 Å². The van der Waals surface area contributed by atoms with Crippen LogP contribution in [0.25, 0.3) is 0 Å². The topological polar surface area (TPSA) is 67.4 Å². The summed E-state index contributed by atoms with van der Waals surface area (Å²) in [4.78, 5) is 23.0. The molecular weight excluding hydrogens is 232 g/mol. The number of rotatable bonds is 9. The van der Waals surface area contributed by atoms with Gasteiger partial charge in [-0.3, -0.25) is 9.59 Å². The Morgan fingerprint density at radius 3 is 2.56 bits per heavy atom. The van der Waals surface area contributed by atoms with E-state index in [1.165, 1.54) is 0 Å². The number of carbonyl (C=O) groups is 2. The Hall–Kier alpha value is -1.10. The van der Waals surface area contributed by atoms with Crippen molar-refractivity contribution < 1.29 is 14.3 Å². The fourth-order valence-electron chi connectivity index (χ4n) is 1.76. The lowest BCUT2D eigenvalue weighted by Crippen LogP contribution is -2.42. The van der Waals surface area contributed by atoms with E-state index in [1.807, 2.05) is 6.92 Å². The van der Waals surface area contributed by atoms with Crippen molar-refractivity contribution in [2.45, 2.75) is 45.6 Å². The summed E-state index contributed by atoms with van der Waals surface area (Å²) in [7, 11) is 0. The Labute approximate surface area is 109 Å². The van der Waals surface area contributed by atoms with E-state index in [0.29, 0.717) is 19.7 Å². The van der Waals surface area contributed by atoms with Crippen LogP contribution in [-0.4, -0.2) is 37.6 Å². The molecule has 0 bridgehead atoms. The van der Waals surface area contributed by atoms with Crippen LogP contribution in [0, 0.1) is 5.92 Å². The molecule has 0 aromatic carbocycles. The van der Waals surface area contributed by atoms with Gasteiger partial charge in [-0.05, 0) is 26.2 Å². The number of ether oxygens (including phenoxy) is 1. The lowest BCUT2D eigenvalue weighted by atomic mass is 10.1. The summed E-state index contributed by atoms with van der Waals surface area (Å²) in [6.45, 7) is 5.40. The first-order valence-electron chi connectivity index (χ1n) is 6.86. The van der Waals surface area contributed by atoms with Crippen LogP contribution >= 0.6 is 0 Å². The van der Waals surface area contributed by atoms with Crippen LogP contribution in [0.2, 0.25) is 0 Å². The monoisotopic (exact) mass is 256 g/mol. The van der Waals surface area contributed by atoms with Crippen molar-refractivity contribution in [3.8, 4) is 0 Å². The van der Waals surface area contributed by atoms with Crippen LogP contribution < -0.4 is 10.6 Å². The summed E-state index contributed by atoms with van der Waals surface area (Å²) in [6.07, 6.45) is 3.71. The molecule has 18 heavy (non-hydrogen) atoms. The normalized spacial score (nSPS) is 16.1.